The van der Waals surface area contributed by atoms with Crippen LogP contribution < -0.4 is 4.90 Å². The van der Waals surface area contributed by atoms with E-state index >= 15 is 0 Å². The first-order chi connectivity index (χ1) is 14.0. The van der Waals surface area contributed by atoms with Crippen LogP contribution in [0.3, 0.4) is 0 Å². The van der Waals surface area contributed by atoms with Gasteiger partial charge in [0.25, 0.3) is 5.91 Å². The highest BCUT2D eigenvalue weighted by Crippen LogP contribution is 2.33. The number of hydrogen-bond acceptors (Lipinski definition) is 5. The van der Waals surface area contributed by atoms with Gasteiger partial charge in [0.05, 0.1) is 23.4 Å². The molecule has 30 heavy (non-hydrogen) atoms. The molecule has 0 saturated carbocycles. The Kier molecular flexibility index (Phi) is 7.96. The van der Waals surface area contributed by atoms with Gasteiger partial charge in [-0.25, -0.2) is 4.98 Å². The molecule has 1 amide bonds. The third kappa shape index (κ3) is 5.25. The van der Waals surface area contributed by atoms with Crippen molar-refractivity contribution in [2.75, 3.05) is 44.3 Å². The number of nitrogens with zero attached hydrogens (tertiary/aromatic N) is 3. The second-order valence-electron chi connectivity index (χ2n) is 6.99. The Labute approximate surface area is 195 Å². The summed E-state index contributed by atoms with van der Waals surface area (Å²) >= 11 is 13.8. The number of hydrogen-bond donors (Lipinski definition) is 0. The Morgan fingerprint density at radius 3 is 2.70 bits per heavy atom. The molecule has 4 rings (SSSR count). The Morgan fingerprint density at radius 2 is 1.97 bits per heavy atom. The number of thiazole rings is 1. The highest BCUT2D eigenvalue weighted by atomic mass is 35.5. The second kappa shape index (κ2) is 10.3. The van der Waals surface area contributed by atoms with E-state index in [1.54, 1.807) is 29.2 Å². The third-order valence-electron chi connectivity index (χ3n) is 4.93. The van der Waals surface area contributed by atoms with Crippen LogP contribution in [-0.4, -0.2) is 55.2 Å². The standard InChI is InChI=1S/C21H21Cl2N3O2S.ClH/c1-14-11-17(23)13-18-19(14)24-21(29-18)26(6-5-25-7-9-28-10-8-25)20(27)15-3-2-4-16(22)12-15;/h2-4,11-13H,5-10H2,1H3;1H. The summed E-state index contributed by atoms with van der Waals surface area (Å²) in [5.41, 5.74) is 2.43. The minimum atomic E-state index is -0.108. The van der Waals surface area contributed by atoms with E-state index < -0.39 is 0 Å². The minimum Gasteiger partial charge on any atom is -0.379 e. The van der Waals surface area contributed by atoms with Gasteiger partial charge in [0, 0.05) is 41.8 Å². The molecule has 5 nitrogen and oxygen atoms in total. The number of carbonyl (C=O) groups is 1. The van der Waals surface area contributed by atoms with E-state index in [4.69, 9.17) is 32.9 Å². The highest BCUT2D eigenvalue weighted by Gasteiger charge is 2.23. The maximum atomic E-state index is 13.4. The third-order valence-corrected chi connectivity index (χ3v) is 6.41. The van der Waals surface area contributed by atoms with E-state index in [1.165, 1.54) is 11.3 Å². The zero-order valence-electron chi connectivity index (χ0n) is 16.4. The number of carbonyl (C=O) groups excluding carboxylic acids is 1. The van der Waals surface area contributed by atoms with Crippen molar-refractivity contribution in [2.45, 2.75) is 6.92 Å². The van der Waals surface area contributed by atoms with Crippen molar-refractivity contribution in [3.8, 4) is 0 Å². The summed E-state index contributed by atoms with van der Waals surface area (Å²) in [6, 6.07) is 10.8. The lowest BCUT2D eigenvalue weighted by Gasteiger charge is -2.29. The van der Waals surface area contributed by atoms with Crippen molar-refractivity contribution < 1.29 is 9.53 Å². The normalized spacial score (nSPS) is 14.5. The molecule has 1 aromatic heterocycles. The zero-order valence-corrected chi connectivity index (χ0v) is 19.6. The molecule has 1 aliphatic rings. The Balaban J connectivity index is 0.00000256. The van der Waals surface area contributed by atoms with Crippen LogP contribution in [0.2, 0.25) is 10.0 Å². The number of amides is 1. The number of aromatic nitrogens is 1. The van der Waals surface area contributed by atoms with Crippen LogP contribution in [0.25, 0.3) is 10.2 Å². The molecular formula is C21H22Cl3N3O2S. The average molecular weight is 487 g/mol. The maximum absolute atomic E-state index is 13.4. The molecular weight excluding hydrogens is 465 g/mol. The van der Waals surface area contributed by atoms with Crippen molar-refractivity contribution in [2.24, 2.45) is 0 Å². The smallest absolute Gasteiger partial charge is 0.260 e. The fraction of sp³-hybridized carbons (Fsp3) is 0.333. The summed E-state index contributed by atoms with van der Waals surface area (Å²) in [5, 5.41) is 1.88. The first-order valence-corrected chi connectivity index (χ1v) is 11.0. The van der Waals surface area contributed by atoms with E-state index in [2.05, 4.69) is 4.90 Å². The summed E-state index contributed by atoms with van der Waals surface area (Å²) in [6.07, 6.45) is 0. The predicted octanol–water partition coefficient (Wildman–Crippen LogP) is 5.31. The van der Waals surface area contributed by atoms with Crippen molar-refractivity contribution in [3.63, 3.8) is 0 Å². The van der Waals surface area contributed by atoms with Gasteiger partial charge in [0.1, 0.15) is 0 Å². The number of halogens is 3. The maximum Gasteiger partial charge on any atom is 0.260 e. The summed E-state index contributed by atoms with van der Waals surface area (Å²) in [5.74, 6) is -0.108. The van der Waals surface area contributed by atoms with Gasteiger partial charge in [-0.1, -0.05) is 40.6 Å². The van der Waals surface area contributed by atoms with Crippen molar-refractivity contribution in [3.05, 3.63) is 57.6 Å². The fourth-order valence-electron chi connectivity index (χ4n) is 3.39. The lowest BCUT2D eigenvalue weighted by Crippen LogP contribution is -2.43. The van der Waals surface area contributed by atoms with Gasteiger partial charge in [-0.2, -0.15) is 0 Å². The second-order valence-corrected chi connectivity index (χ2v) is 8.87. The van der Waals surface area contributed by atoms with Gasteiger partial charge in [-0.3, -0.25) is 14.6 Å². The Bertz CT molecular complexity index is 1040. The quantitative estimate of drug-likeness (QED) is 0.490. The highest BCUT2D eigenvalue weighted by molar-refractivity contribution is 7.22. The summed E-state index contributed by atoms with van der Waals surface area (Å²) < 4.78 is 6.40. The molecule has 1 aliphatic heterocycles. The molecule has 2 aromatic carbocycles. The van der Waals surface area contributed by atoms with Gasteiger partial charge in [0.2, 0.25) is 0 Å². The zero-order chi connectivity index (χ0) is 20.4. The number of anilines is 1. The minimum absolute atomic E-state index is 0. The average Bonchev–Trinajstić information content (AvgIpc) is 3.13. The van der Waals surface area contributed by atoms with Gasteiger partial charge in [0.15, 0.2) is 5.13 Å². The van der Waals surface area contributed by atoms with Gasteiger partial charge < -0.3 is 4.74 Å². The molecule has 9 heteroatoms. The fourth-order valence-corrected chi connectivity index (χ4v) is 5.02. The van der Waals surface area contributed by atoms with Gasteiger partial charge in [-0.15, -0.1) is 12.4 Å². The first-order valence-electron chi connectivity index (χ1n) is 9.45. The van der Waals surface area contributed by atoms with Crippen LogP contribution in [0.1, 0.15) is 15.9 Å². The van der Waals surface area contributed by atoms with E-state index in [0.29, 0.717) is 27.3 Å². The van der Waals surface area contributed by atoms with Gasteiger partial charge in [-0.05, 0) is 42.8 Å². The number of fused-ring (bicyclic) bond motifs is 1. The van der Waals surface area contributed by atoms with E-state index in [-0.39, 0.29) is 18.3 Å². The van der Waals surface area contributed by atoms with Crippen LogP contribution in [0, 0.1) is 6.92 Å². The summed E-state index contributed by atoms with van der Waals surface area (Å²) in [4.78, 5) is 22.2. The van der Waals surface area contributed by atoms with E-state index in [0.717, 1.165) is 48.6 Å². The molecule has 0 bridgehead atoms. The molecule has 0 unspecified atom stereocenters. The van der Waals surface area contributed by atoms with Crippen LogP contribution in [0.5, 0.6) is 0 Å². The number of morpholine rings is 1. The Morgan fingerprint density at radius 1 is 1.20 bits per heavy atom. The lowest BCUT2D eigenvalue weighted by atomic mass is 10.2. The lowest BCUT2D eigenvalue weighted by molar-refractivity contribution is 0.0391. The molecule has 0 spiro atoms. The van der Waals surface area contributed by atoms with Crippen LogP contribution in [0.4, 0.5) is 5.13 Å². The molecule has 0 atom stereocenters. The summed E-state index contributed by atoms with van der Waals surface area (Å²) in [6.45, 7) is 6.46. The molecule has 3 aromatic rings. The SMILES string of the molecule is Cc1cc(Cl)cc2sc(N(CCN3CCOCC3)C(=O)c3cccc(Cl)c3)nc12.Cl. The largest absolute Gasteiger partial charge is 0.379 e. The van der Waals surface area contributed by atoms with Crippen LogP contribution >= 0.6 is 46.9 Å². The first kappa shape index (κ1) is 23.3. The number of benzene rings is 2. The van der Waals surface area contributed by atoms with Gasteiger partial charge >= 0.3 is 0 Å². The molecule has 0 N–H and O–H groups in total. The molecule has 160 valence electrons. The Hall–Kier alpha value is -1.41. The van der Waals surface area contributed by atoms with Crippen LogP contribution in [0.15, 0.2) is 36.4 Å². The molecule has 0 radical (unpaired) electrons. The monoisotopic (exact) mass is 485 g/mol. The van der Waals surface area contributed by atoms with Crippen molar-refractivity contribution in [1.82, 2.24) is 9.88 Å². The number of rotatable bonds is 5. The van der Waals surface area contributed by atoms with E-state index in [9.17, 15) is 4.79 Å². The molecule has 1 fully saturated rings. The number of ether oxygens (including phenoxy) is 1. The van der Waals surface area contributed by atoms with E-state index in [1.807, 2.05) is 19.1 Å². The summed E-state index contributed by atoms with van der Waals surface area (Å²) in [7, 11) is 0. The number of aryl methyl sites for hydroxylation is 1. The molecule has 2 heterocycles. The molecule has 0 aliphatic carbocycles. The van der Waals surface area contributed by atoms with Crippen molar-refractivity contribution >= 4 is 68.2 Å². The van der Waals surface area contributed by atoms with Crippen LogP contribution in [-0.2, 0) is 4.74 Å². The van der Waals surface area contributed by atoms with Crippen molar-refractivity contribution in [1.29, 1.82) is 0 Å². The molecule has 1 saturated heterocycles. The topological polar surface area (TPSA) is 45.7 Å². The predicted molar refractivity (Wildman–Crippen MR) is 127 cm³/mol.